The number of hydrogen-bond donors (Lipinski definition) is 3. The lowest BCUT2D eigenvalue weighted by atomic mass is 10.3. The van der Waals surface area contributed by atoms with E-state index in [1.54, 1.807) is 19.9 Å². The first-order valence-corrected chi connectivity index (χ1v) is 8.77. The van der Waals surface area contributed by atoms with Crippen molar-refractivity contribution in [1.29, 1.82) is 0 Å². The SMILES string of the molecule is CCCS(=O)(=O)NC(C)C(=O)Nc1cc(C)c(C(=O)O)s1. The molecule has 0 bridgehead atoms. The molecule has 0 spiro atoms. The van der Waals surface area contributed by atoms with E-state index in [9.17, 15) is 18.0 Å². The number of carboxylic acid groups (broad SMARTS) is 1. The van der Waals surface area contributed by atoms with Crippen LogP contribution in [0.5, 0.6) is 0 Å². The van der Waals surface area contributed by atoms with E-state index in [-0.39, 0.29) is 10.6 Å². The van der Waals surface area contributed by atoms with Crippen molar-refractivity contribution in [2.45, 2.75) is 33.2 Å². The largest absolute Gasteiger partial charge is 0.477 e. The Morgan fingerprint density at radius 2 is 2.05 bits per heavy atom. The molecule has 21 heavy (non-hydrogen) atoms. The van der Waals surface area contributed by atoms with E-state index in [1.165, 1.54) is 6.92 Å². The predicted octanol–water partition coefficient (Wildman–Crippen LogP) is 1.41. The molecule has 0 aliphatic carbocycles. The van der Waals surface area contributed by atoms with Gasteiger partial charge in [-0.05, 0) is 31.9 Å². The summed E-state index contributed by atoms with van der Waals surface area (Å²) >= 11 is 0.933. The third kappa shape index (κ3) is 5.10. The summed E-state index contributed by atoms with van der Waals surface area (Å²) in [4.78, 5) is 23.0. The molecule has 3 N–H and O–H groups in total. The van der Waals surface area contributed by atoms with Gasteiger partial charge >= 0.3 is 5.97 Å². The first-order valence-electron chi connectivity index (χ1n) is 6.31. The van der Waals surface area contributed by atoms with Crippen molar-refractivity contribution in [2.24, 2.45) is 0 Å². The number of carbonyl (C=O) groups is 2. The Kier molecular flexibility index (Phi) is 5.87. The molecule has 0 aliphatic rings. The molecule has 0 aliphatic heterocycles. The number of nitrogens with one attached hydrogen (secondary N) is 2. The topological polar surface area (TPSA) is 113 Å². The second-order valence-electron chi connectivity index (χ2n) is 4.58. The lowest BCUT2D eigenvalue weighted by molar-refractivity contribution is -0.117. The maximum Gasteiger partial charge on any atom is 0.346 e. The van der Waals surface area contributed by atoms with Crippen molar-refractivity contribution >= 4 is 38.2 Å². The zero-order valence-corrected chi connectivity index (χ0v) is 13.6. The fourth-order valence-electron chi connectivity index (χ4n) is 1.64. The van der Waals surface area contributed by atoms with Crippen molar-refractivity contribution in [3.63, 3.8) is 0 Å². The molecule has 9 heteroatoms. The van der Waals surface area contributed by atoms with Gasteiger partial charge in [0.2, 0.25) is 15.9 Å². The molecule has 0 saturated carbocycles. The number of carbonyl (C=O) groups excluding carboxylic acids is 1. The third-order valence-electron chi connectivity index (χ3n) is 2.58. The number of aromatic carboxylic acids is 1. The second-order valence-corrected chi connectivity index (χ2v) is 7.50. The maximum absolute atomic E-state index is 11.9. The highest BCUT2D eigenvalue weighted by atomic mass is 32.2. The number of carboxylic acids is 1. The van der Waals surface area contributed by atoms with Gasteiger partial charge in [-0.1, -0.05) is 6.92 Å². The first kappa shape index (κ1) is 17.6. The van der Waals surface area contributed by atoms with Crippen molar-refractivity contribution in [2.75, 3.05) is 11.1 Å². The lowest BCUT2D eigenvalue weighted by Crippen LogP contribution is -2.42. The number of amides is 1. The van der Waals surface area contributed by atoms with Crippen molar-refractivity contribution in [3.8, 4) is 0 Å². The van der Waals surface area contributed by atoms with Crippen LogP contribution < -0.4 is 10.0 Å². The van der Waals surface area contributed by atoms with Gasteiger partial charge < -0.3 is 10.4 Å². The van der Waals surface area contributed by atoms with Crippen LogP contribution in [0, 0.1) is 6.92 Å². The van der Waals surface area contributed by atoms with Crippen LogP contribution in [0.2, 0.25) is 0 Å². The van der Waals surface area contributed by atoms with E-state index < -0.39 is 27.9 Å². The highest BCUT2D eigenvalue weighted by Crippen LogP contribution is 2.26. The number of sulfonamides is 1. The normalized spacial score (nSPS) is 12.9. The van der Waals surface area contributed by atoms with E-state index >= 15 is 0 Å². The van der Waals surface area contributed by atoms with Crippen LogP contribution in [0.15, 0.2) is 6.07 Å². The molecule has 7 nitrogen and oxygen atoms in total. The highest BCUT2D eigenvalue weighted by Gasteiger charge is 2.21. The monoisotopic (exact) mass is 334 g/mol. The fraction of sp³-hybridized carbons (Fsp3) is 0.500. The zero-order valence-electron chi connectivity index (χ0n) is 12.0. The van der Waals surface area contributed by atoms with Crippen LogP contribution in [0.1, 0.15) is 35.5 Å². The molecule has 1 amide bonds. The quantitative estimate of drug-likeness (QED) is 0.698. The molecule has 0 radical (unpaired) electrons. The van der Waals surface area contributed by atoms with E-state index in [0.29, 0.717) is 17.0 Å². The van der Waals surface area contributed by atoms with Gasteiger partial charge in [-0.2, -0.15) is 0 Å². The summed E-state index contributed by atoms with van der Waals surface area (Å²) in [6.07, 6.45) is 0.454. The molecule has 1 aromatic rings. The molecule has 1 heterocycles. The summed E-state index contributed by atoms with van der Waals surface area (Å²) < 4.78 is 25.4. The van der Waals surface area contributed by atoms with Gasteiger partial charge in [0.25, 0.3) is 0 Å². The second kappa shape index (κ2) is 7.01. The van der Waals surface area contributed by atoms with E-state index in [2.05, 4.69) is 10.0 Å². The van der Waals surface area contributed by atoms with Crippen LogP contribution in [-0.2, 0) is 14.8 Å². The van der Waals surface area contributed by atoms with Gasteiger partial charge in [-0.15, -0.1) is 11.3 Å². The van der Waals surface area contributed by atoms with Gasteiger partial charge in [-0.25, -0.2) is 17.9 Å². The fourth-order valence-corrected chi connectivity index (χ4v) is 3.85. The number of thiophene rings is 1. The molecule has 1 rings (SSSR count). The Morgan fingerprint density at radius 1 is 1.43 bits per heavy atom. The summed E-state index contributed by atoms with van der Waals surface area (Å²) in [5.74, 6) is -1.64. The van der Waals surface area contributed by atoms with Gasteiger partial charge in [0.05, 0.1) is 16.8 Å². The molecule has 0 saturated heterocycles. The Balaban J connectivity index is 2.73. The summed E-state index contributed by atoms with van der Waals surface area (Å²) in [6.45, 7) is 4.79. The number of aryl methyl sites for hydroxylation is 1. The Bertz CT molecular complexity index is 636. The van der Waals surface area contributed by atoms with Crippen LogP contribution in [-0.4, -0.2) is 37.2 Å². The van der Waals surface area contributed by atoms with Crippen LogP contribution in [0.4, 0.5) is 5.00 Å². The molecule has 1 unspecified atom stereocenters. The summed E-state index contributed by atoms with van der Waals surface area (Å²) in [7, 11) is -3.49. The molecule has 118 valence electrons. The van der Waals surface area contributed by atoms with Crippen molar-refractivity contribution in [3.05, 3.63) is 16.5 Å². The average molecular weight is 334 g/mol. The number of anilines is 1. The first-order chi connectivity index (χ1) is 9.66. The number of rotatable bonds is 7. The van der Waals surface area contributed by atoms with Crippen molar-refractivity contribution in [1.82, 2.24) is 4.72 Å². The predicted molar refractivity (Wildman–Crippen MR) is 81.3 cm³/mol. The van der Waals surface area contributed by atoms with Crippen molar-refractivity contribution < 1.29 is 23.1 Å². The summed E-state index contributed by atoms with van der Waals surface area (Å²) in [6, 6.07) is 0.608. The maximum atomic E-state index is 11.9. The minimum absolute atomic E-state index is 0.0497. The van der Waals surface area contributed by atoms with Gasteiger partial charge in [-0.3, -0.25) is 4.79 Å². The highest BCUT2D eigenvalue weighted by molar-refractivity contribution is 7.89. The average Bonchev–Trinajstić information content (AvgIpc) is 2.69. The molecule has 1 atom stereocenters. The Labute approximate surface area is 127 Å². The minimum atomic E-state index is -3.49. The smallest absolute Gasteiger partial charge is 0.346 e. The van der Waals surface area contributed by atoms with E-state index in [4.69, 9.17) is 5.11 Å². The third-order valence-corrected chi connectivity index (χ3v) is 5.38. The van der Waals surface area contributed by atoms with Crippen LogP contribution in [0.25, 0.3) is 0 Å². The Hall–Kier alpha value is -1.45. The molecule has 0 fully saturated rings. The minimum Gasteiger partial charge on any atom is -0.477 e. The molecule has 1 aromatic heterocycles. The standard InChI is InChI=1S/C12H18N2O5S2/c1-4-5-21(18,19)14-8(3)11(15)13-9-6-7(2)10(20-9)12(16)17/h6,8,14H,4-5H2,1-3H3,(H,13,15)(H,16,17). The summed E-state index contributed by atoms with van der Waals surface area (Å²) in [5.41, 5.74) is 0.544. The molecular formula is C12H18N2O5S2. The molecule has 0 aromatic carbocycles. The van der Waals surface area contributed by atoms with Crippen LogP contribution >= 0.6 is 11.3 Å². The van der Waals surface area contributed by atoms with Gasteiger partial charge in [0.15, 0.2) is 0 Å². The Morgan fingerprint density at radius 3 is 2.52 bits per heavy atom. The number of hydrogen-bond acceptors (Lipinski definition) is 5. The van der Waals surface area contributed by atoms with Gasteiger partial charge in [0, 0.05) is 0 Å². The van der Waals surface area contributed by atoms with E-state index in [1.807, 2.05) is 0 Å². The lowest BCUT2D eigenvalue weighted by Gasteiger charge is -2.13. The van der Waals surface area contributed by atoms with Crippen LogP contribution in [0.3, 0.4) is 0 Å². The summed E-state index contributed by atoms with van der Waals surface area (Å²) in [5, 5.41) is 11.8. The zero-order chi connectivity index (χ0) is 16.2. The van der Waals surface area contributed by atoms with E-state index in [0.717, 1.165) is 11.3 Å². The molecular weight excluding hydrogens is 316 g/mol. The van der Waals surface area contributed by atoms with Gasteiger partial charge in [0.1, 0.15) is 4.88 Å².